The highest BCUT2D eigenvalue weighted by Crippen LogP contribution is 2.41. The Kier molecular flexibility index (Phi) is 7.06. The van der Waals surface area contributed by atoms with Crippen molar-refractivity contribution in [2.75, 3.05) is 0 Å². The van der Waals surface area contributed by atoms with Gasteiger partial charge in [0.15, 0.2) is 5.78 Å². The first-order valence-corrected chi connectivity index (χ1v) is 10.9. The van der Waals surface area contributed by atoms with Gasteiger partial charge in [0.2, 0.25) is 0 Å². The Morgan fingerprint density at radius 2 is 1.15 bits per heavy atom. The van der Waals surface area contributed by atoms with E-state index in [1.807, 2.05) is 91.0 Å². The second-order valence-electron chi connectivity index (χ2n) is 7.84. The lowest BCUT2D eigenvalue weighted by atomic mass is 9.97. The Morgan fingerprint density at radius 1 is 0.697 bits per heavy atom. The molecule has 4 aromatic rings. The molecule has 4 heteroatoms. The highest BCUT2D eigenvalue weighted by atomic mass is 16.5. The fourth-order valence-electron chi connectivity index (χ4n) is 3.69. The lowest BCUT2D eigenvalue weighted by Gasteiger charge is -2.19. The van der Waals surface area contributed by atoms with E-state index in [1.165, 1.54) is 6.92 Å². The van der Waals surface area contributed by atoms with Crippen LogP contribution >= 0.6 is 0 Å². The molecule has 0 fully saturated rings. The predicted molar refractivity (Wildman–Crippen MR) is 129 cm³/mol. The molecule has 0 atom stereocenters. The van der Waals surface area contributed by atoms with Gasteiger partial charge in [-0.05, 0) is 23.6 Å². The van der Waals surface area contributed by atoms with Crippen molar-refractivity contribution >= 4 is 5.78 Å². The fraction of sp³-hybridized carbons (Fsp3) is 0.138. The van der Waals surface area contributed by atoms with Crippen LogP contribution in [0.3, 0.4) is 0 Å². The predicted octanol–water partition coefficient (Wildman–Crippen LogP) is 6.34. The summed E-state index contributed by atoms with van der Waals surface area (Å²) >= 11 is 0. The van der Waals surface area contributed by atoms with Crippen LogP contribution in [0.1, 0.15) is 39.5 Å². The van der Waals surface area contributed by atoms with Gasteiger partial charge in [-0.1, -0.05) is 91.0 Å². The molecule has 0 unspecified atom stereocenters. The van der Waals surface area contributed by atoms with Crippen molar-refractivity contribution in [2.45, 2.75) is 26.6 Å². The van der Waals surface area contributed by atoms with Crippen LogP contribution in [-0.2, 0) is 19.6 Å². The molecule has 0 aromatic heterocycles. The van der Waals surface area contributed by atoms with Crippen LogP contribution in [0, 0.1) is 0 Å². The quantitative estimate of drug-likeness (QED) is 0.310. The summed E-state index contributed by atoms with van der Waals surface area (Å²) in [6.07, 6.45) is 0.427. The average Bonchev–Trinajstić information content (AvgIpc) is 2.85. The van der Waals surface area contributed by atoms with E-state index in [-0.39, 0.29) is 23.7 Å². The van der Waals surface area contributed by atoms with E-state index >= 15 is 0 Å². The average molecular weight is 439 g/mol. The van der Waals surface area contributed by atoms with Gasteiger partial charge >= 0.3 is 0 Å². The third-order valence-corrected chi connectivity index (χ3v) is 5.38. The first-order valence-electron chi connectivity index (χ1n) is 10.9. The van der Waals surface area contributed by atoms with Crippen molar-refractivity contribution in [3.8, 4) is 17.2 Å². The molecular formula is C29H26O4. The zero-order valence-electron chi connectivity index (χ0n) is 18.5. The summed E-state index contributed by atoms with van der Waals surface area (Å²) in [4.78, 5) is 12.5. The van der Waals surface area contributed by atoms with Gasteiger partial charge in [-0.3, -0.25) is 4.79 Å². The van der Waals surface area contributed by atoms with Crippen LogP contribution in [0.15, 0.2) is 97.1 Å². The summed E-state index contributed by atoms with van der Waals surface area (Å²) in [5.41, 5.74) is 3.71. The largest absolute Gasteiger partial charge is 0.507 e. The molecule has 0 spiro atoms. The number of rotatable bonds is 9. The molecule has 0 radical (unpaired) electrons. The summed E-state index contributed by atoms with van der Waals surface area (Å²) in [6, 6.07) is 31.0. The highest BCUT2D eigenvalue weighted by Gasteiger charge is 2.23. The van der Waals surface area contributed by atoms with Crippen LogP contribution < -0.4 is 9.47 Å². The molecule has 4 aromatic carbocycles. The SMILES string of the molecule is CC(=O)c1c(OCc2ccccc2)cc(OCc2ccccc2)c(Cc2ccccc2)c1O. The Bertz CT molecular complexity index is 1200. The van der Waals surface area contributed by atoms with Crippen LogP contribution in [0.2, 0.25) is 0 Å². The molecule has 0 saturated heterocycles. The van der Waals surface area contributed by atoms with Crippen molar-refractivity contribution in [2.24, 2.45) is 0 Å². The third kappa shape index (κ3) is 5.60. The zero-order valence-corrected chi connectivity index (χ0v) is 18.5. The molecular weight excluding hydrogens is 412 g/mol. The third-order valence-electron chi connectivity index (χ3n) is 5.38. The van der Waals surface area contributed by atoms with Gasteiger partial charge in [-0.2, -0.15) is 0 Å². The van der Waals surface area contributed by atoms with Crippen molar-refractivity contribution in [3.63, 3.8) is 0 Å². The van der Waals surface area contributed by atoms with Gasteiger partial charge in [0.1, 0.15) is 36.0 Å². The smallest absolute Gasteiger partial charge is 0.167 e. The van der Waals surface area contributed by atoms with Gasteiger partial charge in [-0.25, -0.2) is 0 Å². The number of benzene rings is 4. The Labute approximate surface area is 194 Å². The molecule has 33 heavy (non-hydrogen) atoms. The van der Waals surface area contributed by atoms with Crippen molar-refractivity contribution < 1.29 is 19.4 Å². The lowest BCUT2D eigenvalue weighted by Crippen LogP contribution is -2.07. The number of carbonyl (C=O) groups excluding carboxylic acids is 1. The number of carbonyl (C=O) groups is 1. The Hall–Kier alpha value is -4.05. The van der Waals surface area contributed by atoms with Gasteiger partial charge < -0.3 is 14.6 Å². The monoisotopic (exact) mass is 438 g/mol. The molecule has 1 N–H and O–H groups in total. The van der Waals surface area contributed by atoms with E-state index in [2.05, 4.69) is 0 Å². The summed E-state index contributed by atoms with van der Waals surface area (Å²) in [5, 5.41) is 11.2. The summed E-state index contributed by atoms with van der Waals surface area (Å²) < 4.78 is 12.2. The van der Waals surface area contributed by atoms with Gasteiger partial charge in [0.05, 0.1) is 0 Å². The standard InChI is InChI=1S/C29H26O4/c1-21(30)28-27(33-20-24-15-9-4-10-16-24)18-26(32-19-23-13-7-3-8-14-23)25(29(28)31)17-22-11-5-2-6-12-22/h2-16,18,31H,17,19-20H2,1H3. The second kappa shape index (κ2) is 10.5. The summed E-state index contributed by atoms with van der Waals surface area (Å²) in [7, 11) is 0. The number of aromatic hydroxyl groups is 1. The summed E-state index contributed by atoms with van der Waals surface area (Å²) in [6.45, 7) is 2.04. The van der Waals surface area contributed by atoms with E-state index in [0.717, 1.165) is 16.7 Å². The molecule has 0 heterocycles. The van der Waals surface area contributed by atoms with Crippen molar-refractivity contribution in [1.29, 1.82) is 0 Å². The molecule has 0 aliphatic heterocycles. The molecule has 166 valence electrons. The maximum Gasteiger partial charge on any atom is 0.167 e. The number of ether oxygens (including phenoxy) is 2. The maximum absolute atomic E-state index is 12.5. The van der Waals surface area contributed by atoms with E-state index in [9.17, 15) is 9.90 Å². The first kappa shape index (κ1) is 22.2. The van der Waals surface area contributed by atoms with Gasteiger partial charge in [0.25, 0.3) is 0 Å². The van der Waals surface area contributed by atoms with Crippen molar-refractivity contribution in [3.05, 3.63) is 125 Å². The Balaban J connectivity index is 1.72. The minimum absolute atomic E-state index is 0.0972. The molecule has 4 rings (SSSR count). The van der Waals surface area contributed by atoms with Crippen LogP contribution in [0.5, 0.6) is 17.2 Å². The molecule has 0 aliphatic carbocycles. The van der Waals surface area contributed by atoms with E-state index in [4.69, 9.17) is 9.47 Å². The topological polar surface area (TPSA) is 55.8 Å². The Morgan fingerprint density at radius 3 is 1.64 bits per heavy atom. The van der Waals surface area contributed by atoms with Crippen LogP contribution in [0.25, 0.3) is 0 Å². The number of ketones is 1. The normalized spacial score (nSPS) is 10.6. The molecule has 0 amide bonds. The maximum atomic E-state index is 12.5. The van der Waals surface area contributed by atoms with Crippen molar-refractivity contribution in [1.82, 2.24) is 0 Å². The van der Waals surface area contributed by atoms with E-state index < -0.39 is 0 Å². The molecule has 0 bridgehead atoms. The number of Topliss-reactive ketones (excluding diaryl/α,β-unsaturated/α-hetero) is 1. The number of phenolic OH excluding ortho intramolecular Hbond substituents is 1. The minimum atomic E-state index is -0.264. The molecule has 0 saturated carbocycles. The van der Waals surface area contributed by atoms with Gasteiger partial charge in [-0.15, -0.1) is 0 Å². The molecule has 4 nitrogen and oxygen atoms in total. The highest BCUT2D eigenvalue weighted by molar-refractivity contribution is 6.00. The van der Waals surface area contributed by atoms with Gasteiger partial charge in [0, 0.05) is 18.1 Å². The number of hydrogen-bond acceptors (Lipinski definition) is 4. The molecule has 0 aliphatic rings. The second-order valence-corrected chi connectivity index (χ2v) is 7.84. The minimum Gasteiger partial charge on any atom is -0.507 e. The number of hydrogen-bond donors (Lipinski definition) is 1. The van der Waals surface area contributed by atoms with E-state index in [1.54, 1.807) is 6.07 Å². The first-order chi connectivity index (χ1) is 16.1. The van der Waals surface area contributed by atoms with E-state index in [0.29, 0.717) is 30.1 Å². The van der Waals surface area contributed by atoms with Crippen LogP contribution in [-0.4, -0.2) is 10.9 Å². The number of phenols is 1. The fourth-order valence-corrected chi connectivity index (χ4v) is 3.69. The van der Waals surface area contributed by atoms with Crippen LogP contribution in [0.4, 0.5) is 0 Å². The summed E-state index contributed by atoms with van der Waals surface area (Å²) in [5.74, 6) is 0.441. The lowest BCUT2D eigenvalue weighted by molar-refractivity contribution is 0.101. The zero-order chi connectivity index (χ0) is 23.0.